The monoisotopic (exact) mass is 141 g/mol. The summed E-state index contributed by atoms with van der Waals surface area (Å²) in [5, 5.41) is 0. The van der Waals surface area contributed by atoms with Crippen LogP contribution in [0.2, 0.25) is 0 Å². The summed E-state index contributed by atoms with van der Waals surface area (Å²) in [6, 6.07) is 0. The summed E-state index contributed by atoms with van der Waals surface area (Å²) in [5.41, 5.74) is 0. The maximum atomic E-state index is 10.4. The lowest BCUT2D eigenvalue weighted by Crippen LogP contribution is -2.01. The minimum Gasteiger partial charge on any atom is -0.463 e. The first-order chi connectivity index (χ1) is 4.81. The van der Waals surface area contributed by atoms with Crippen molar-refractivity contribution >= 4 is 5.97 Å². The van der Waals surface area contributed by atoms with Crippen molar-refractivity contribution in [2.24, 2.45) is 0 Å². The highest BCUT2D eigenvalue weighted by Gasteiger charge is 1.92. The average molecular weight is 141 g/mol. The summed E-state index contributed by atoms with van der Waals surface area (Å²) < 4.78 is 4.71. The highest BCUT2D eigenvalue weighted by Crippen LogP contribution is 1.93. The Kier molecular flexibility index (Phi) is 5.83. The first-order valence-corrected chi connectivity index (χ1v) is 3.39. The molecule has 0 aromatic carbocycles. The zero-order chi connectivity index (χ0) is 7.82. The lowest BCUT2D eigenvalue weighted by Gasteiger charge is -1.98. The fourth-order valence-electron chi connectivity index (χ4n) is 0.511. The molecule has 0 aliphatic heterocycles. The quantitative estimate of drug-likeness (QED) is 0.331. The largest absolute Gasteiger partial charge is 0.463 e. The molecule has 0 aliphatic carbocycles. The van der Waals surface area contributed by atoms with Crippen molar-refractivity contribution < 1.29 is 9.53 Å². The molecule has 0 spiro atoms. The Morgan fingerprint density at radius 3 is 2.70 bits per heavy atom. The summed E-state index contributed by atoms with van der Waals surface area (Å²) in [7, 11) is 0. The molecule has 0 amide bonds. The molecular weight excluding hydrogens is 128 g/mol. The molecular formula is C8H13O2. The predicted molar refractivity (Wildman–Crippen MR) is 40.4 cm³/mol. The van der Waals surface area contributed by atoms with Gasteiger partial charge >= 0.3 is 5.97 Å². The second-order valence-electron chi connectivity index (χ2n) is 1.93. The van der Waals surface area contributed by atoms with Gasteiger partial charge in [-0.25, -0.2) is 4.79 Å². The van der Waals surface area contributed by atoms with Crippen LogP contribution >= 0.6 is 0 Å². The Morgan fingerprint density at radius 2 is 2.20 bits per heavy atom. The molecule has 0 rings (SSSR count). The molecule has 0 aromatic heterocycles. The van der Waals surface area contributed by atoms with Gasteiger partial charge in [0.05, 0.1) is 6.61 Å². The van der Waals surface area contributed by atoms with Crippen molar-refractivity contribution in [3.8, 4) is 0 Å². The molecule has 0 atom stereocenters. The molecule has 0 saturated carbocycles. The van der Waals surface area contributed by atoms with Crippen LogP contribution in [0, 0.1) is 6.92 Å². The van der Waals surface area contributed by atoms with Crippen molar-refractivity contribution in [1.82, 2.24) is 0 Å². The summed E-state index contributed by atoms with van der Waals surface area (Å²) >= 11 is 0. The summed E-state index contributed by atoms with van der Waals surface area (Å²) in [6.45, 7) is 7.42. The summed E-state index contributed by atoms with van der Waals surface area (Å²) in [6.07, 6.45) is 3.96. The SMILES string of the molecule is [CH2]CCCCOC(=O)C=C. The van der Waals surface area contributed by atoms with Crippen molar-refractivity contribution in [1.29, 1.82) is 0 Å². The third-order valence-electron chi connectivity index (χ3n) is 1.06. The Morgan fingerprint density at radius 1 is 1.50 bits per heavy atom. The number of hydrogen-bond donors (Lipinski definition) is 0. The molecule has 2 nitrogen and oxygen atoms in total. The van der Waals surface area contributed by atoms with Gasteiger partial charge in [0.1, 0.15) is 0 Å². The van der Waals surface area contributed by atoms with Gasteiger partial charge in [-0.2, -0.15) is 0 Å². The summed E-state index contributed by atoms with van der Waals surface area (Å²) in [4.78, 5) is 10.4. The van der Waals surface area contributed by atoms with E-state index in [1.807, 2.05) is 0 Å². The predicted octanol–water partition coefficient (Wildman–Crippen LogP) is 1.72. The van der Waals surface area contributed by atoms with Crippen LogP contribution < -0.4 is 0 Å². The number of hydrogen-bond acceptors (Lipinski definition) is 2. The maximum absolute atomic E-state index is 10.4. The van der Waals surface area contributed by atoms with E-state index in [0.717, 1.165) is 19.3 Å². The Labute approximate surface area is 61.9 Å². The molecule has 0 saturated heterocycles. The van der Waals surface area contributed by atoms with Crippen LogP contribution in [-0.2, 0) is 9.53 Å². The average Bonchev–Trinajstić information content (AvgIpc) is 1.98. The number of carbonyl (C=O) groups is 1. The van der Waals surface area contributed by atoms with Gasteiger partial charge in [-0.3, -0.25) is 0 Å². The Bertz CT molecular complexity index is 108. The van der Waals surface area contributed by atoms with E-state index in [0.29, 0.717) is 6.61 Å². The topological polar surface area (TPSA) is 26.3 Å². The lowest BCUT2D eigenvalue weighted by atomic mass is 10.3. The number of carbonyl (C=O) groups excluding carboxylic acids is 1. The minimum atomic E-state index is -0.343. The Hall–Kier alpha value is -0.790. The third kappa shape index (κ3) is 5.35. The van der Waals surface area contributed by atoms with E-state index in [4.69, 9.17) is 4.74 Å². The van der Waals surface area contributed by atoms with E-state index in [-0.39, 0.29) is 5.97 Å². The van der Waals surface area contributed by atoms with Gasteiger partial charge in [0.2, 0.25) is 0 Å². The van der Waals surface area contributed by atoms with E-state index in [2.05, 4.69) is 13.5 Å². The number of unbranched alkanes of at least 4 members (excludes halogenated alkanes) is 2. The van der Waals surface area contributed by atoms with E-state index in [1.54, 1.807) is 0 Å². The molecule has 0 N–H and O–H groups in total. The highest BCUT2D eigenvalue weighted by molar-refractivity contribution is 5.81. The molecule has 2 heteroatoms. The smallest absolute Gasteiger partial charge is 0.330 e. The second kappa shape index (κ2) is 6.33. The van der Waals surface area contributed by atoms with Gasteiger partial charge < -0.3 is 4.74 Å². The minimum absolute atomic E-state index is 0.343. The van der Waals surface area contributed by atoms with Crippen LogP contribution in [0.5, 0.6) is 0 Å². The van der Waals surface area contributed by atoms with Gasteiger partial charge in [0, 0.05) is 6.08 Å². The van der Waals surface area contributed by atoms with Crippen LogP contribution in [0.1, 0.15) is 19.3 Å². The van der Waals surface area contributed by atoms with Gasteiger partial charge in [-0.1, -0.05) is 26.3 Å². The first kappa shape index (κ1) is 9.21. The van der Waals surface area contributed by atoms with Gasteiger partial charge in [0.25, 0.3) is 0 Å². The van der Waals surface area contributed by atoms with Gasteiger partial charge in [0.15, 0.2) is 0 Å². The van der Waals surface area contributed by atoms with Gasteiger partial charge in [-0.15, -0.1) is 0 Å². The molecule has 1 radical (unpaired) electrons. The van der Waals surface area contributed by atoms with Crippen molar-refractivity contribution in [3.05, 3.63) is 19.6 Å². The van der Waals surface area contributed by atoms with E-state index < -0.39 is 0 Å². The molecule has 0 aromatic rings. The molecule has 0 fully saturated rings. The lowest BCUT2D eigenvalue weighted by molar-refractivity contribution is -0.137. The normalized spacial score (nSPS) is 8.90. The molecule has 10 heavy (non-hydrogen) atoms. The van der Waals surface area contributed by atoms with Gasteiger partial charge in [-0.05, 0) is 6.42 Å². The number of esters is 1. The van der Waals surface area contributed by atoms with Crippen molar-refractivity contribution in [2.75, 3.05) is 6.61 Å². The van der Waals surface area contributed by atoms with E-state index in [1.165, 1.54) is 6.08 Å². The van der Waals surface area contributed by atoms with E-state index >= 15 is 0 Å². The van der Waals surface area contributed by atoms with E-state index in [9.17, 15) is 4.79 Å². The van der Waals surface area contributed by atoms with Crippen LogP contribution in [0.15, 0.2) is 12.7 Å². The van der Waals surface area contributed by atoms with Crippen LogP contribution in [0.3, 0.4) is 0 Å². The Balaban J connectivity index is 3.03. The molecule has 0 bridgehead atoms. The van der Waals surface area contributed by atoms with Crippen molar-refractivity contribution in [3.63, 3.8) is 0 Å². The van der Waals surface area contributed by atoms with Crippen LogP contribution in [0.25, 0.3) is 0 Å². The van der Waals surface area contributed by atoms with Crippen LogP contribution in [0.4, 0.5) is 0 Å². The van der Waals surface area contributed by atoms with Crippen molar-refractivity contribution in [2.45, 2.75) is 19.3 Å². The zero-order valence-corrected chi connectivity index (χ0v) is 6.14. The molecule has 0 aliphatic rings. The number of rotatable bonds is 5. The highest BCUT2D eigenvalue weighted by atomic mass is 16.5. The first-order valence-electron chi connectivity index (χ1n) is 3.39. The molecule has 57 valence electrons. The van der Waals surface area contributed by atoms with Crippen LogP contribution in [-0.4, -0.2) is 12.6 Å². The fraction of sp³-hybridized carbons (Fsp3) is 0.500. The molecule has 0 heterocycles. The molecule has 0 unspecified atom stereocenters. The second-order valence-corrected chi connectivity index (χ2v) is 1.93. The number of ether oxygens (including phenoxy) is 1. The standard InChI is InChI=1S/C8H13O2/c1-3-5-6-7-10-8(9)4-2/h4H,1-3,5-7H2. The third-order valence-corrected chi connectivity index (χ3v) is 1.06. The zero-order valence-electron chi connectivity index (χ0n) is 6.14. The fourth-order valence-corrected chi connectivity index (χ4v) is 0.511. The maximum Gasteiger partial charge on any atom is 0.330 e. The summed E-state index contributed by atoms with van der Waals surface area (Å²) in [5.74, 6) is -0.343.